The summed E-state index contributed by atoms with van der Waals surface area (Å²) in [5.41, 5.74) is 0.729. The first kappa shape index (κ1) is 10.8. The van der Waals surface area contributed by atoms with E-state index in [0.717, 1.165) is 11.8 Å². The molecule has 2 unspecified atom stereocenters. The van der Waals surface area contributed by atoms with Gasteiger partial charge in [0.25, 0.3) is 0 Å². The Morgan fingerprint density at radius 3 is 2.14 bits per heavy atom. The number of carbonyl (C=O) groups excluding carboxylic acids is 1. The van der Waals surface area contributed by atoms with Crippen LogP contribution in [-0.2, 0) is 4.74 Å². The Kier molecular flexibility index (Phi) is 4.25. The maximum absolute atomic E-state index is 10.0. The Labute approximate surface area is 81.8 Å². The Balaban J connectivity index is 0.000000146. The zero-order chi connectivity index (χ0) is 10.4. The summed E-state index contributed by atoms with van der Waals surface area (Å²) < 4.78 is 4.37. The Morgan fingerprint density at radius 1 is 1.36 bits per heavy atom. The Bertz CT molecular complexity index is 271. The molecule has 4 heteroatoms. The van der Waals surface area contributed by atoms with E-state index < -0.39 is 6.29 Å². The molecule has 0 saturated carbocycles. The summed E-state index contributed by atoms with van der Waals surface area (Å²) in [6, 6.07) is 9.10. The van der Waals surface area contributed by atoms with Crippen molar-refractivity contribution in [3.63, 3.8) is 0 Å². The highest BCUT2D eigenvalue weighted by Gasteiger charge is 2.35. The molecule has 0 radical (unpaired) electrons. The van der Waals surface area contributed by atoms with Gasteiger partial charge in [0.15, 0.2) is 6.29 Å². The lowest BCUT2D eigenvalue weighted by molar-refractivity contribution is 0.112. The number of hydrogen-bond acceptors (Lipinski definition) is 4. The molecule has 4 nitrogen and oxygen atoms in total. The molecule has 2 N–H and O–H groups in total. The molecule has 2 atom stereocenters. The minimum atomic E-state index is -0.685. The average Bonchev–Trinajstić information content (AvgIpc) is 2.97. The highest BCUT2D eigenvalue weighted by molar-refractivity contribution is 5.74. The van der Waals surface area contributed by atoms with E-state index in [1.54, 1.807) is 12.1 Å². The first-order valence-corrected chi connectivity index (χ1v) is 4.22. The van der Waals surface area contributed by atoms with Crippen LogP contribution in [0.15, 0.2) is 30.3 Å². The lowest BCUT2D eigenvalue weighted by Crippen LogP contribution is -1.96. The molecule has 0 aromatic heterocycles. The second-order valence-corrected chi connectivity index (χ2v) is 2.78. The number of ether oxygens (including phenoxy) is 1. The van der Waals surface area contributed by atoms with E-state index in [1.807, 2.05) is 18.2 Å². The molecular formula is C10H12O4. The monoisotopic (exact) mass is 196 g/mol. The van der Waals surface area contributed by atoms with Crippen LogP contribution < -0.4 is 0 Å². The van der Waals surface area contributed by atoms with Gasteiger partial charge >= 0.3 is 0 Å². The highest BCUT2D eigenvalue weighted by Crippen LogP contribution is 2.16. The van der Waals surface area contributed by atoms with Crippen molar-refractivity contribution in [2.24, 2.45) is 0 Å². The van der Waals surface area contributed by atoms with Gasteiger partial charge in [-0.25, -0.2) is 0 Å². The van der Waals surface area contributed by atoms with Crippen LogP contribution >= 0.6 is 0 Å². The standard InChI is InChI=1S/C7H6O.C3H6O3/c8-6-7-4-2-1-3-5-7;4-1-2-3(5)6-2/h1-6H;2-5H,1H2. The predicted molar refractivity (Wildman–Crippen MR) is 49.8 cm³/mol. The minimum Gasteiger partial charge on any atom is -0.393 e. The molecule has 1 heterocycles. The molecule has 1 aliphatic rings. The van der Waals surface area contributed by atoms with E-state index in [2.05, 4.69) is 4.74 Å². The van der Waals surface area contributed by atoms with Gasteiger partial charge in [-0.3, -0.25) is 4.79 Å². The van der Waals surface area contributed by atoms with Crippen LogP contribution in [0.3, 0.4) is 0 Å². The lowest BCUT2D eigenvalue weighted by atomic mass is 10.2. The van der Waals surface area contributed by atoms with Gasteiger partial charge in [-0.05, 0) is 0 Å². The number of carbonyl (C=O) groups is 1. The van der Waals surface area contributed by atoms with Crippen LogP contribution in [0.4, 0.5) is 0 Å². The number of aliphatic hydroxyl groups is 2. The molecule has 0 spiro atoms. The largest absolute Gasteiger partial charge is 0.393 e. The van der Waals surface area contributed by atoms with Crippen LogP contribution in [0.25, 0.3) is 0 Å². The third-order valence-corrected chi connectivity index (χ3v) is 1.67. The zero-order valence-corrected chi connectivity index (χ0v) is 7.54. The van der Waals surface area contributed by atoms with Crippen LogP contribution in [0.1, 0.15) is 10.4 Å². The normalized spacial score (nSPS) is 23.3. The smallest absolute Gasteiger partial charge is 0.184 e. The SMILES string of the molecule is O=Cc1ccccc1.OCC1OC1O. The number of hydrogen-bond donors (Lipinski definition) is 2. The Morgan fingerprint density at radius 2 is 1.93 bits per heavy atom. The Hall–Kier alpha value is -1.23. The van der Waals surface area contributed by atoms with Gasteiger partial charge < -0.3 is 14.9 Å². The molecule has 0 amide bonds. The van der Waals surface area contributed by atoms with Gasteiger partial charge in [-0.15, -0.1) is 0 Å². The molecular weight excluding hydrogens is 184 g/mol. The molecule has 1 aliphatic heterocycles. The average molecular weight is 196 g/mol. The lowest BCUT2D eigenvalue weighted by Gasteiger charge is -1.81. The van der Waals surface area contributed by atoms with Crippen LogP contribution in [0.5, 0.6) is 0 Å². The third-order valence-electron chi connectivity index (χ3n) is 1.67. The van der Waals surface area contributed by atoms with Crippen LogP contribution in [0.2, 0.25) is 0 Å². The second kappa shape index (κ2) is 5.49. The molecule has 1 aromatic carbocycles. The second-order valence-electron chi connectivity index (χ2n) is 2.78. The molecule has 76 valence electrons. The van der Waals surface area contributed by atoms with Crippen LogP contribution in [0, 0.1) is 0 Å². The molecule has 0 bridgehead atoms. The highest BCUT2D eigenvalue weighted by atomic mass is 16.7. The maximum Gasteiger partial charge on any atom is 0.184 e. The van der Waals surface area contributed by atoms with E-state index in [-0.39, 0.29) is 12.7 Å². The van der Waals surface area contributed by atoms with E-state index in [4.69, 9.17) is 10.2 Å². The summed E-state index contributed by atoms with van der Waals surface area (Å²) in [6.45, 7) is -0.0683. The number of aldehydes is 1. The zero-order valence-electron chi connectivity index (χ0n) is 7.54. The van der Waals surface area contributed by atoms with Crippen LogP contribution in [-0.4, -0.2) is 35.5 Å². The van der Waals surface area contributed by atoms with E-state index in [9.17, 15) is 4.79 Å². The fourth-order valence-corrected chi connectivity index (χ4v) is 0.799. The molecule has 2 rings (SSSR count). The number of epoxide rings is 1. The van der Waals surface area contributed by atoms with Crippen molar-refractivity contribution >= 4 is 6.29 Å². The molecule has 1 fully saturated rings. The molecule has 1 aromatic rings. The van der Waals surface area contributed by atoms with Gasteiger partial charge in [0.05, 0.1) is 6.61 Å². The van der Waals surface area contributed by atoms with E-state index in [1.165, 1.54) is 0 Å². The quantitative estimate of drug-likeness (QED) is 0.523. The first-order valence-electron chi connectivity index (χ1n) is 4.22. The summed E-state index contributed by atoms with van der Waals surface area (Å²) in [4.78, 5) is 10.0. The van der Waals surface area contributed by atoms with Crippen molar-refractivity contribution in [2.75, 3.05) is 6.61 Å². The topological polar surface area (TPSA) is 70.1 Å². The summed E-state index contributed by atoms with van der Waals surface area (Å²) in [5, 5.41) is 16.3. The molecule has 14 heavy (non-hydrogen) atoms. The van der Waals surface area contributed by atoms with Gasteiger partial charge in [0.2, 0.25) is 0 Å². The van der Waals surface area contributed by atoms with E-state index in [0.29, 0.717) is 0 Å². The van der Waals surface area contributed by atoms with Crippen molar-refractivity contribution in [1.29, 1.82) is 0 Å². The van der Waals surface area contributed by atoms with Crippen molar-refractivity contribution in [3.8, 4) is 0 Å². The number of rotatable bonds is 2. The summed E-state index contributed by atoms with van der Waals surface area (Å²) in [6.07, 6.45) is -0.139. The molecule has 1 saturated heterocycles. The summed E-state index contributed by atoms with van der Waals surface area (Å²) in [7, 11) is 0. The first-order chi connectivity index (χ1) is 6.77. The van der Waals surface area contributed by atoms with Crippen molar-refractivity contribution in [3.05, 3.63) is 35.9 Å². The van der Waals surface area contributed by atoms with Gasteiger partial charge in [0, 0.05) is 5.56 Å². The molecule has 0 aliphatic carbocycles. The van der Waals surface area contributed by atoms with Gasteiger partial charge in [0.1, 0.15) is 12.4 Å². The number of aliphatic hydroxyl groups excluding tert-OH is 2. The minimum absolute atomic E-state index is 0.0683. The summed E-state index contributed by atoms with van der Waals surface area (Å²) >= 11 is 0. The predicted octanol–water partition coefficient (Wildman–Crippen LogP) is 0.195. The van der Waals surface area contributed by atoms with Crippen molar-refractivity contribution < 1.29 is 19.7 Å². The summed E-state index contributed by atoms with van der Waals surface area (Å²) in [5.74, 6) is 0. The fourth-order valence-electron chi connectivity index (χ4n) is 0.799. The van der Waals surface area contributed by atoms with Gasteiger partial charge in [-0.1, -0.05) is 30.3 Å². The van der Waals surface area contributed by atoms with Crippen molar-refractivity contribution in [1.82, 2.24) is 0 Å². The third kappa shape index (κ3) is 3.66. The maximum atomic E-state index is 10.0. The number of benzene rings is 1. The van der Waals surface area contributed by atoms with E-state index >= 15 is 0 Å². The van der Waals surface area contributed by atoms with Crippen molar-refractivity contribution in [2.45, 2.75) is 12.4 Å². The fraction of sp³-hybridized carbons (Fsp3) is 0.300. The van der Waals surface area contributed by atoms with Gasteiger partial charge in [-0.2, -0.15) is 0 Å².